The van der Waals surface area contributed by atoms with Gasteiger partial charge >= 0.3 is 12.1 Å². The van der Waals surface area contributed by atoms with E-state index in [1.165, 1.54) is 4.90 Å². The highest BCUT2D eigenvalue weighted by Gasteiger charge is 2.58. The molecule has 3 fully saturated rings. The number of esters is 1. The van der Waals surface area contributed by atoms with Crippen molar-refractivity contribution in [1.82, 2.24) is 44.3 Å². The van der Waals surface area contributed by atoms with E-state index in [0.29, 0.717) is 87.9 Å². The van der Waals surface area contributed by atoms with Gasteiger partial charge in [-0.05, 0) is 116 Å². The third-order valence-corrected chi connectivity index (χ3v) is 16.3. The van der Waals surface area contributed by atoms with Gasteiger partial charge in [-0.2, -0.15) is 5.10 Å². The van der Waals surface area contributed by atoms with Crippen LogP contribution in [0.3, 0.4) is 0 Å². The van der Waals surface area contributed by atoms with Gasteiger partial charge in [0.2, 0.25) is 18.6 Å². The van der Waals surface area contributed by atoms with Crippen LogP contribution in [0, 0.1) is 17.8 Å². The SMILES string of the molecule is CCN1CCc2cc(OC)c(OC)cc2C1C1CC(C(=O)N2CCN(c3ncnc4c3cnn4Cc3ccncc3)CC2)CCC12c1cc(OC)c(OC)cc1CCN2C(=O)CCN(C)C(=O)OCOC(=O)C1CC1. The number of pyridine rings is 1. The van der Waals surface area contributed by atoms with Crippen LogP contribution in [0.5, 0.6) is 23.0 Å². The molecule has 2 saturated carbocycles. The zero-order valence-electron chi connectivity index (χ0n) is 43.9. The van der Waals surface area contributed by atoms with E-state index in [4.69, 9.17) is 33.4 Å². The fourth-order valence-corrected chi connectivity index (χ4v) is 12.3. The zero-order valence-corrected chi connectivity index (χ0v) is 43.9. The molecule has 20 nitrogen and oxygen atoms in total. The van der Waals surface area contributed by atoms with Crippen molar-refractivity contribution in [2.45, 2.75) is 76.4 Å². The number of fused-ring (bicyclic) bond motifs is 4. The second-order valence-electron chi connectivity index (χ2n) is 20.2. The summed E-state index contributed by atoms with van der Waals surface area (Å²) in [5.74, 6) is 1.99. The average molecular weight is 1030 g/mol. The number of hydrogen-bond donors (Lipinski definition) is 0. The molecule has 0 radical (unpaired) electrons. The van der Waals surface area contributed by atoms with E-state index >= 15 is 9.59 Å². The van der Waals surface area contributed by atoms with Crippen LogP contribution in [0.25, 0.3) is 11.0 Å². The maximum atomic E-state index is 15.3. The summed E-state index contributed by atoms with van der Waals surface area (Å²) in [5, 5.41) is 5.54. The Kier molecular flexibility index (Phi) is 15.0. The van der Waals surface area contributed by atoms with Gasteiger partial charge in [-0.15, -0.1) is 0 Å². The van der Waals surface area contributed by atoms with Gasteiger partial charge in [-0.1, -0.05) is 6.92 Å². The molecule has 1 spiro atoms. The van der Waals surface area contributed by atoms with Crippen LogP contribution >= 0.6 is 0 Å². The van der Waals surface area contributed by atoms with E-state index in [-0.39, 0.29) is 54.5 Å². The predicted octanol–water partition coefficient (Wildman–Crippen LogP) is 5.64. The first-order chi connectivity index (χ1) is 36.5. The fourth-order valence-electron chi connectivity index (χ4n) is 12.3. The van der Waals surface area contributed by atoms with Crippen molar-refractivity contribution in [3.63, 3.8) is 0 Å². The molecule has 3 amide bonds. The predicted molar refractivity (Wildman–Crippen MR) is 276 cm³/mol. The molecule has 1 saturated heterocycles. The molecule has 75 heavy (non-hydrogen) atoms. The molecule has 0 bridgehead atoms. The van der Waals surface area contributed by atoms with Crippen LogP contribution in [0.4, 0.5) is 10.6 Å². The van der Waals surface area contributed by atoms with Gasteiger partial charge in [0.05, 0.1) is 58.0 Å². The molecule has 3 aromatic heterocycles. The minimum absolute atomic E-state index is 0.00509. The van der Waals surface area contributed by atoms with Gasteiger partial charge < -0.3 is 48.0 Å². The van der Waals surface area contributed by atoms with E-state index in [9.17, 15) is 9.59 Å². The molecule has 398 valence electrons. The highest BCUT2D eigenvalue weighted by molar-refractivity contribution is 5.87. The summed E-state index contributed by atoms with van der Waals surface area (Å²) < 4.78 is 36.0. The summed E-state index contributed by atoms with van der Waals surface area (Å²) in [5.41, 5.74) is 5.11. The first kappa shape index (κ1) is 51.3. The average Bonchev–Trinajstić information content (AvgIpc) is 4.25. The zero-order chi connectivity index (χ0) is 52.4. The largest absolute Gasteiger partial charge is 0.493 e. The van der Waals surface area contributed by atoms with Crippen molar-refractivity contribution in [2.24, 2.45) is 17.8 Å². The summed E-state index contributed by atoms with van der Waals surface area (Å²) in [6.45, 7) is 6.36. The van der Waals surface area contributed by atoms with Gasteiger partial charge in [0.25, 0.3) is 0 Å². The van der Waals surface area contributed by atoms with E-state index in [1.807, 2.05) is 38.9 Å². The molecular formula is C55H68N10O10. The number of carbonyl (C=O) groups excluding carboxylic acids is 4. The number of aromatic nitrogens is 5. The van der Waals surface area contributed by atoms with Gasteiger partial charge in [0, 0.05) is 89.6 Å². The number of nitrogens with zero attached hydrogens (tertiary/aromatic N) is 10. The second kappa shape index (κ2) is 21.9. The molecule has 2 aliphatic carbocycles. The Morgan fingerprint density at radius 3 is 2.19 bits per heavy atom. The molecule has 10 rings (SSSR count). The second-order valence-corrected chi connectivity index (χ2v) is 20.2. The number of likely N-dealkylation sites (N-methyl/N-ethyl adjacent to an activating group) is 1. The van der Waals surface area contributed by atoms with Gasteiger partial charge in [-0.25, -0.2) is 19.4 Å². The molecular weight excluding hydrogens is 961 g/mol. The van der Waals surface area contributed by atoms with Gasteiger partial charge in [0.15, 0.2) is 28.6 Å². The molecule has 20 heteroatoms. The Labute approximate surface area is 437 Å². The monoisotopic (exact) mass is 1030 g/mol. The summed E-state index contributed by atoms with van der Waals surface area (Å²) in [7, 11) is 8.11. The van der Waals surface area contributed by atoms with Crippen LogP contribution in [0.15, 0.2) is 61.3 Å². The Balaban J connectivity index is 0.975. The van der Waals surface area contributed by atoms with E-state index in [0.717, 1.165) is 77.0 Å². The molecule has 6 heterocycles. The highest BCUT2D eigenvalue weighted by atomic mass is 16.7. The minimum atomic E-state index is -0.935. The summed E-state index contributed by atoms with van der Waals surface area (Å²) in [6, 6.07) is 11.9. The number of carbonyl (C=O) groups is 4. The number of benzene rings is 2. The van der Waals surface area contributed by atoms with Gasteiger partial charge in [-0.3, -0.25) is 24.3 Å². The number of amides is 3. The smallest absolute Gasteiger partial charge is 0.412 e. The fraction of sp³-hybridized carbons (Fsp3) is 0.527. The minimum Gasteiger partial charge on any atom is -0.493 e. The van der Waals surface area contributed by atoms with Crippen LogP contribution in [0.2, 0.25) is 0 Å². The number of piperazine rings is 1. The standard InChI is InChI=1S/C55H68N10O10/c1-7-61-20-13-37-27-44(70-3)46(72-5)29-40(37)49(61)43-26-39(52(67)63-24-22-62(23-25-63)50-41-31-59-65(51(41)58-33-57-50)32-35-11-17-56-18-12-35)10-16-55(43)42-30-47(73-6)45(71-4)28-38(42)14-21-64(55)48(66)15-19-60(2)54(69)75-34-74-53(68)36-8-9-36/h11-12,17-18,27-31,33,36,39,43,49H,7-10,13-16,19-26,32,34H2,1-6H3. The van der Waals surface area contributed by atoms with Crippen molar-refractivity contribution in [3.05, 3.63) is 89.1 Å². The normalized spacial score (nSPS) is 21.5. The third kappa shape index (κ3) is 9.96. The summed E-state index contributed by atoms with van der Waals surface area (Å²) in [6.07, 6.45) is 10.6. The highest BCUT2D eigenvalue weighted by Crippen LogP contribution is 2.59. The lowest BCUT2D eigenvalue weighted by molar-refractivity contribution is -0.154. The first-order valence-corrected chi connectivity index (χ1v) is 26.2. The van der Waals surface area contributed by atoms with Crippen molar-refractivity contribution in [3.8, 4) is 23.0 Å². The lowest BCUT2D eigenvalue weighted by Gasteiger charge is -2.59. The topological polar surface area (TPSA) is 196 Å². The molecule has 4 unspecified atom stereocenters. The number of ether oxygens (including phenoxy) is 6. The number of hydrogen-bond acceptors (Lipinski definition) is 16. The Hall–Kier alpha value is -7.22. The van der Waals surface area contributed by atoms with Crippen LogP contribution < -0.4 is 23.8 Å². The van der Waals surface area contributed by atoms with Crippen LogP contribution in [-0.2, 0) is 48.8 Å². The van der Waals surface area contributed by atoms with Crippen LogP contribution in [0.1, 0.15) is 79.3 Å². The quantitative estimate of drug-likeness (QED) is 0.0870. The Morgan fingerprint density at radius 2 is 1.48 bits per heavy atom. The maximum Gasteiger partial charge on any atom is 0.412 e. The summed E-state index contributed by atoms with van der Waals surface area (Å²) in [4.78, 5) is 79.5. The van der Waals surface area contributed by atoms with Crippen molar-refractivity contribution in [1.29, 1.82) is 0 Å². The summed E-state index contributed by atoms with van der Waals surface area (Å²) >= 11 is 0. The number of rotatable bonds is 16. The van der Waals surface area contributed by atoms with E-state index in [1.54, 1.807) is 54.2 Å². The first-order valence-electron chi connectivity index (χ1n) is 26.2. The number of methoxy groups -OCH3 is 4. The van der Waals surface area contributed by atoms with Gasteiger partial charge in [0.1, 0.15) is 12.1 Å². The Bertz CT molecular complexity index is 2910. The van der Waals surface area contributed by atoms with E-state index in [2.05, 4.69) is 50.0 Å². The lowest BCUT2D eigenvalue weighted by Crippen LogP contribution is -2.63. The van der Waals surface area contributed by atoms with Crippen molar-refractivity contribution in [2.75, 3.05) is 99.5 Å². The molecule has 5 aromatic rings. The van der Waals surface area contributed by atoms with E-state index < -0.39 is 18.4 Å². The third-order valence-electron chi connectivity index (χ3n) is 16.3. The molecule has 4 atom stereocenters. The molecule has 3 aliphatic heterocycles. The number of anilines is 1. The van der Waals surface area contributed by atoms with Crippen LogP contribution in [-0.4, -0.2) is 163 Å². The van der Waals surface area contributed by atoms with Crippen molar-refractivity contribution >= 4 is 40.7 Å². The Morgan fingerprint density at radius 1 is 0.787 bits per heavy atom. The molecule has 5 aliphatic rings. The van der Waals surface area contributed by atoms with Crippen molar-refractivity contribution < 1.29 is 47.6 Å². The molecule has 0 N–H and O–H groups in total. The lowest BCUT2D eigenvalue weighted by atomic mass is 9.58. The molecule has 2 aromatic carbocycles. The maximum absolute atomic E-state index is 15.3.